The monoisotopic (exact) mass is 232 g/mol. The summed E-state index contributed by atoms with van der Waals surface area (Å²) in [5.41, 5.74) is 5.88. The van der Waals surface area contributed by atoms with Gasteiger partial charge in [-0.15, -0.1) is 11.8 Å². The van der Waals surface area contributed by atoms with E-state index in [1.54, 1.807) is 22.9 Å². The molecule has 16 heavy (non-hydrogen) atoms. The second-order valence-corrected chi connectivity index (χ2v) is 5.52. The largest absolute Gasteiger partial charge is 0.130 e. The second-order valence-electron chi connectivity index (χ2n) is 4.62. The van der Waals surface area contributed by atoms with E-state index in [1.165, 1.54) is 48.1 Å². The standard InChI is InChI=1S/C15H20S/c1-11-9-13-7-5-4-6-8-14(13)10-15(11)12(2)16-3/h9-10H,2,4-8H2,1,3H3. The molecule has 0 saturated carbocycles. The molecule has 0 fully saturated rings. The third-order valence-electron chi connectivity index (χ3n) is 3.49. The zero-order valence-corrected chi connectivity index (χ0v) is 11.1. The van der Waals surface area contributed by atoms with Crippen LogP contribution in [-0.4, -0.2) is 6.26 Å². The predicted octanol–water partition coefficient (Wildman–Crippen LogP) is 4.60. The minimum Gasteiger partial charge on any atom is -0.130 e. The lowest BCUT2D eigenvalue weighted by Gasteiger charge is -2.13. The minimum atomic E-state index is 1.20. The molecular formula is C15H20S. The Morgan fingerprint density at radius 3 is 2.38 bits per heavy atom. The van der Waals surface area contributed by atoms with E-state index < -0.39 is 0 Å². The van der Waals surface area contributed by atoms with Gasteiger partial charge in [-0.1, -0.05) is 25.1 Å². The van der Waals surface area contributed by atoms with Crippen molar-refractivity contribution in [3.05, 3.63) is 41.0 Å². The van der Waals surface area contributed by atoms with Crippen LogP contribution < -0.4 is 0 Å². The Morgan fingerprint density at radius 2 is 1.75 bits per heavy atom. The normalized spacial score (nSPS) is 15.4. The Labute approximate surface area is 103 Å². The highest BCUT2D eigenvalue weighted by Crippen LogP contribution is 2.31. The first-order chi connectivity index (χ1) is 7.72. The maximum atomic E-state index is 4.14. The molecule has 0 heterocycles. The topological polar surface area (TPSA) is 0 Å². The molecule has 2 rings (SSSR count). The highest BCUT2D eigenvalue weighted by molar-refractivity contribution is 8.07. The van der Waals surface area contributed by atoms with Crippen molar-refractivity contribution in [3.8, 4) is 0 Å². The van der Waals surface area contributed by atoms with E-state index in [9.17, 15) is 0 Å². The zero-order chi connectivity index (χ0) is 11.5. The van der Waals surface area contributed by atoms with Crippen LogP contribution in [0.4, 0.5) is 0 Å². The van der Waals surface area contributed by atoms with E-state index in [4.69, 9.17) is 0 Å². The van der Waals surface area contributed by atoms with E-state index in [0.29, 0.717) is 0 Å². The van der Waals surface area contributed by atoms with Crippen molar-refractivity contribution in [2.45, 2.75) is 39.0 Å². The molecule has 86 valence electrons. The van der Waals surface area contributed by atoms with Crippen LogP contribution in [0.15, 0.2) is 18.7 Å². The van der Waals surface area contributed by atoms with E-state index in [2.05, 4.69) is 31.9 Å². The first kappa shape index (κ1) is 11.8. The molecule has 1 aromatic carbocycles. The van der Waals surface area contributed by atoms with Crippen molar-refractivity contribution >= 4 is 16.7 Å². The van der Waals surface area contributed by atoms with E-state index in [-0.39, 0.29) is 0 Å². The molecule has 0 saturated heterocycles. The van der Waals surface area contributed by atoms with Gasteiger partial charge >= 0.3 is 0 Å². The molecule has 0 aromatic heterocycles. The van der Waals surface area contributed by atoms with Gasteiger partial charge in [0.15, 0.2) is 0 Å². The smallest absolute Gasteiger partial charge is 0.00724 e. The summed E-state index contributed by atoms with van der Waals surface area (Å²) in [4.78, 5) is 1.20. The molecule has 1 aliphatic rings. The van der Waals surface area contributed by atoms with Gasteiger partial charge in [-0.3, -0.25) is 0 Å². The van der Waals surface area contributed by atoms with Crippen molar-refractivity contribution < 1.29 is 0 Å². The fraction of sp³-hybridized carbons (Fsp3) is 0.467. The molecule has 0 amide bonds. The highest BCUT2D eigenvalue weighted by Gasteiger charge is 2.11. The van der Waals surface area contributed by atoms with Gasteiger partial charge in [0.25, 0.3) is 0 Å². The molecule has 0 nitrogen and oxygen atoms in total. The van der Waals surface area contributed by atoms with Crippen molar-refractivity contribution in [2.24, 2.45) is 0 Å². The van der Waals surface area contributed by atoms with Gasteiger partial charge < -0.3 is 0 Å². The molecule has 0 aliphatic heterocycles. The first-order valence-electron chi connectivity index (χ1n) is 6.08. The molecule has 0 unspecified atom stereocenters. The van der Waals surface area contributed by atoms with Crippen molar-refractivity contribution in [3.63, 3.8) is 0 Å². The van der Waals surface area contributed by atoms with Gasteiger partial charge in [0, 0.05) is 4.91 Å². The van der Waals surface area contributed by atoms with Gasteiger partial charge in [0.1, 0.15) is 0 Å². The molecule has 0 bridgehead atoms. The lowest BCUT2D eigenvalue weighted by molar-refractivity contribution is 0.711. The van der Waals surface area contributed by atoms with Crippen LogP contribution >= 0.6 is 11.8 Å². The SMILES string of the molecule is C=C(SC)c1cc2c(cc1C)CCCCC2. The summed E-state index contributed by atoms with van der Waals surface area (Å²) in [6.45, 7) is 6.35. The number of rotatable bonds is 2. The molecule has 0 spiro atoms. The van der Waals surface area contributed by atoms with Crippen LogP contribution in [0.3, 0.4) is 0 Å². The molecule has 0 radical (unpaired) electrons. The van der Waals surface area contributed by atoms with Crippen molar-refractivity contribution in [2.75, 3.05) is 6.26 Å². The Balaban J connectivity index is 2.42. The van der Waals surface area contributed by atoms with E-state index in [1.807, 2.05) is 0 Å². The van der Waals surface area contributed by atoms with Crippen LogP contribution in [0.1, 0.15) is 41.5 Å². The van der Waals surface area contributed by atoms with Gasteiger partial charge in [-0.2, -0.15) is 0 Å². The predicted molar refractivity (Wildman–Crippen MR) is 75.0 cm³/mol. The Bertz CT molecular complexity index is 404. The third kappa shape index (κ3) is 2.35. The molecule has 1 heteroatoms. The summed E-state index contributed by atoms with van der Waals surface area (Å²) in [5.74, 6) is 0. The summed E-state index contributed by atoms with van der Waals surface area (Å²) in [6.07, 6.45) is 8.71. The number of aryl methyl sites for hydroxylation is 3. The molecule has 0 N–H and O–H groups in total. The number of fused-ring (bicyclic) bond motifs is 1. The summed E-state index contributed by atoms with van der Waals surface area (Å²) >= 11 is 1.75. The summed E-state index contributed by atoms with van der Waals surface area (Å²) in [5, 5.41) is 0. The second kappa shape index (κ2) is 5.09. The first-order valence-corrected chi connectivity index (χ1v) is 7.30. The fourth-order valence-electron chi connectivity index (χ4n) is 2.50. The number of hydrogen-bond acceptors (Lipinski definition) is 1. The van der Waals surface area contributed by atoms with Gasteiger partial charge in [-0.25, -0.2) is 0 Å². The molecule has 1 aliphatic carbocycles. The van der Waals surface area contributed by atoms with Crippen molar-refractivity contribution in [1.29, 1.82) is 0 Å². The summed E-state index contributed by atoms with van der Waals surface area (Å²) in [6, 6.07) is 4.77. The average molecular weight is 232 g/mol. The van der Waals surface area contributed by atoms with Crippen LogP contribution in [-0.2, 0) is 12.8 Å². The third-order valence-corrected chi connectivity index (χ3v) is 4.20. The van der Waals surface area contributed by atoms with E-state index >= 15 is 0 Å². The van der Waals surface area contributed by atoms with E-state index in [0.717, 1.165) is 0 Å². The highest BCUT2D eigenvalue weighted by atomic mass is 32.2. The Hall–Kier alpha value is -0.690. The minimum absolute atomic E-state index is 1.20. The summed E-state index contributed by atoms with van der Waals surface area (Å²) in [7, 11) is 0. The van der Waals surface area contributed by atoms with Gasteiger partial charge in [0.2, 0.25) is 0 Å². The number of thioether (sulfide) groups is 1. The van der Waals surface area contributed by atoms with Gasteiger partial charge in [0.05, 0.1) is 0 Å². The maximum absolute atomic E-state index is 4.14. The summed E-state index contributed by atoms with van der Waals surface area (Å²) < 4.78 is 0. The van der Waals surface area contributed by atoms with Crippen LogP contribution in [0.5, 0.6) is 0 Å². The van der Waals surface area contributed by atoms with Gasteiger partial charge in [-0.05, 0) is 61.1 Å². The lowest BCUT2D eigenvalue weighted by atomic mass is 9.96. The zero-order valence-electron chi connectivity index (χ0n) is 10.3. The van der Waals surface area contributed by atoms with Crippen LogP contribution in [0, 0.1) is 6.92 Å². The fourth-order valence-corrected chi connectivity index (χ4v) is 2.94. The quantitative estimate of drug-likeness (QED) is 0.672. The maximum Gasteiger partial charge on any atom is 0.00724 e. The molecular weight excluding hydrogens is 212 g/mol. The molecule has 0 atom stereocenters. The number of hydrogen-bond donors (Lipinski definition) is 0. The lowest BCUT2D eigenvalue weighted by Crippen LogP contribution is -1.96. The number of benzene rings is 1. The van der Waals surface area contributed by atoms with Crippen molar-refractivity contribution in [1.82, 2.24) is 0 Å². The Morgan fingerprint density at radius 1 is 1.12 bits per heavy atom. The van der Waals surface area contributed by atoms with Crippen LogP contribution in [0.2, 0.25) is 0 Å². The van der Waals surface area contributed by atoms with Crippen LogP contribution in [0.25, 0.3) is 4.91 Å². The average Bonchev–Trinajstić information content (AvgIpc) is 2.51. The molecule has 1 aromatic rings. The Kier molecular flexibility index (Phi) is 3.75.